The molecule has 1 aliphatic carbocycles. The molecule has 0 spiro atoms. The summed E-state index contributed by atoms with van der Waals surface area (Å²) in [5.74, 6) is 0.603. The second-order valence-corrected chi connectivity index (χ2v) is 13.7. The van der Waals surface area contributed by atoms with E-state index in [1.54, 1.807) is 11.9 Å². The third-order valence-electron chi connectivity index (χ3n) is 9.47. The molecule has 5 aromatic rings. The molecule has 1 aliphatic rings. The first-order chi connectivity index (χ1) is 25.8. The second-order valence-electron chi connectivity index (χ2n) is 13.7. The molecule has 1 amide bonds. The standard InChI is InChI=1S/C46H48N2O5/c1-33(2)40-27-41(43(52-32-35-18-9-5-10-19-35)28-42(40)51-31-34-16-7-4-8-17-34)45(49)48(3)30-37-21-15-20-36(26-37)29-47-44(38-22-11-6-12-23-38)46(50)53-39-24-13-14-25-39/h4-12,15-23,26-28,39,44,47H,1,13-14,24-25,29-32H2,2-3H3. The number of carbonyl (C=O) groups is 2. The minimum absolute atomic E-state index is 0.0133. The molecule has 1 atom stereocenters. The molecule has 1 unspecified atom stereocenters. The van der Waals surface area contributed by atoms with E-state index in [0.717, 1.165) is 64.6 Å². The molecule has 53 heavy (non-hydrogen) atoms. The summed E-state index contributed by atoms with van der Waals surface area (Å²) < 4.78 is 18.5. The number of amides is 1. The van der Waals surface area contributed by atoms with E-state index in [4.69, 9.17) is 14.2 Å². The Morgan fingerprint density at radius 1 is 0.717 bits per heavy atom. The largest absolute Gasteiger partial charge is 0.488 e. The van der Waals surface area contributed by atoms with Crippen molar-refractivity contribution in [1.29, 1.82) is 0 Å². The number of esters is 1. The van der Waals surface area contributed by atoms with Crippen molar-refractivity contribution in [3.63, 3.8) is 0 Å². The van der Waals surface area contributed by atoms with Gasteiger partial charge in [-0.25, -0.2) is 4.79 Å². The van der Waals surface area contributed by atoms with Crippen molar-refractivity contribution in [1.82, 2.24) is 10.2 Å². The molecule has 5 aromatic carbocycles. The maximum atomic E-state index is 14.2. The fourth-order valence-corrected chi connectivity index (χ4v) is 6.60. The Balaban J connectivity index is 1.19. The van der Waals surface area contributed by atoms with Gasteiger partial charge in [0, 0.05) is 31.8 Å². The number of allylic oxidation sites excluding steroid dienone is 1. The zero-order valence-electron chi connectivity index (χ0n) is 30.6. The van der Waals surface area contributed by atoms with E-state index in [1.165, 1.54) is 0 Å². The van der Waals surface area contributed by atoms with Gasteiger partial charge in [0.15, 0.2) is 0 Å². The van der Waals surface area contributed by atoms with E-state index in [-0.39, 0.29) is 18.0 Å². The lowest BCUT2D eigenvalue weighted by Crippen LogP contribution is -2.32. The Labute approximate surface area is 313 Å². The highest BCUT2D eigenvalue weighted by Crippen LogP contribution is 2.35. The van der Waals surface area contributed by atoms with Crippen LogP contribution in [0.5, 0.6) is 11.5 Å². The normalized spacial score (nSPS) is 13.2. The van der Waals surface area contributed by atoms with E-state index in [9.17, 15) is 9.59 Å². The molecule has 0 bridgehead atoms. The van der Waals surface area contributed by atoms with Crippen LogP contribution in [0, 0.1) is 0 Å². The minimum Gasteiger partial charge on any atom is -0.488 e. The van der Waals surface area contributed by atoms with Crippen LogP contribution in [0.1, 0.15) is 82.4 Å². The van der Waals surface area contributed by atoms with Crippen LogP contribution < -0.4 is 14.8 Å². The molecule has 1 saturated carbocycles. The number of hydrogen-bond acceptors (Lipinski definition) is 6. The maximum absolute atomic E-state index is 14.2. The number of nitrogens with zero attached hydrogens (tertiary/aromatic N) is 1. The van der Waals surface area contributed by atoms with Crippen molar-refractivity contribution >= 4 is 17.4 Å². The van der Waals surface area contributed by atoms with E-state index >= 15 is 0 Å². The second kappa shape index (κ2) is 18.2. The van der Waals surface area contributed by atoms with Gasteiger partial charge in [-0.05, 0) is 72.1 Å². The predicted octanol–water partition coefficient (Wildman–Crippen LogP) is 9.47. The average molecular weight is 709 g/mol. The average Bonchev–Trinajstić information content (AvgIpc) is 3.70. The number of benzene rings is 5. The van der Waals surface area contributed by atoms with Crippen LogP contribution in [0.4, 0.5) is 0 Å². The topological polar surface area (TPSA) is 77.1 Å². The summed E-state index contributed by atoms with van der Waals surface area (Å²) >= 11 is 0. The summed E-state index contributed by atoms with van der Waals surface area (Å²) in [4.78, 5) is 29.3. The molecule has 272 valence electrons. The molecule has 1 fully saturated rings. The molecule has 1 N–H and O–H groups in total. The molecule has 0 saturated heterocycles. The van der Waals surface area contributed by atoms with Crippen LogP contribution >= 0.6 is 0 Å². The molecule has 0 radical (unpaired) electrons. The van der Waals surface area contributed by atoms with Crippen LogP contribution in [-0.2, 0) is 35.8 Å². The molecule has 0 aliphatic heterocycles. The highest BCUT2D eigenvalue weighted by Gasteiger charge is 2.27. The molecular formula is C46H48N2O5. The summed E-state index contributed by atoms with van der Waals surface area (Å²) in [5.41, 5.74) is 6.79. The van der Waals surface area contributed by atoms with Crippen LogP contribution in [0.2, 0.25) is 0 Å². The lowest BCUT2D eigenvalue weighted by molar-refractivity contribution is -0.151. The molecule has 0 aromatic heterocycles. The molecular weight excluding hydrogens is 661 g/mol. The quantitative estimate of drug-likeness (QED) is 0.103. The maximum Gasteiger partial charge on any atom is 0.328 e. The number of hydrogen-bond donors (Lipinski definition) is 1. The fraction of sp³-hybridized carbons (Fsp3) is 0.261. The van der Waals surface area contributed by atoms with Gasteiger partial charge in [0.25, 0.3) is 5.91 Å². The summed E-state index contributed by atoms with van der Waals surface area (Å²) in [6, 6.07) is 40.6. The lowest BCUT2D eigenvalue weighted by atomic mass is 10.0. The minimum atomic E-state index is -0.582. The van der Waals surface area contributed by atoms with Gasteiger partial charge >= 0.3 is 5.97 Å². The lowest BCUT2D eigenvalue weighted by Gasteiger charge is -2.22. The van der Waals surface area contributed by atoms with Gasteiger partial charge in [0.05, 0.1) is 5.56 Å². The van der Waals surface area contributed by atoms with Gasteiger partial charge in [-0.1, -0.05) is 122 Å². The Kier molecular flexibility index (Phi) is 12.7. The van der Waals surface area contributed by atoms with Gasteiger partial charge in [-0.3, -0.25) is 10.1 Å². The van der Waals surface area contributed by atoms with E-state index in [0.29, 0.717) is 43.4 Å². The molecule has 0 heterocycles. The first-order valence-corrected chi connectivity index (χ1v) is 18.3. The summed E-state index contributed by atoms with van der Waals surface area (Å²) in [5, 5.41) is 3.44. The van der Waals surface area contributed by atoms with Crippen LogP contribution in [-0.4, -0.2) is 29.9 Å². The van der Waals surface area contributed by atoms with Gasteiger partial charge in [0.2, 0.25) is 0 Å². The number of carbonyl (C=O) groups excluding carboxylic acids is 2. The number of rotatable bonds is 16. The first-order valence-electron chi connectivity index (χ1n) is 18.3. The highest BCUT2D eigenvalue weighted by atomic mass is 16.5. The van der Waals surface area contributed by atoms with Crippen molar-refractivity contribution in [2.75, 3.05) is 7.05 Å². The number of ether oxygens (including phenoxy) is 3. The zero-order chi connectivity index (χ0) is 37.0. The van der Waals surface area contributed by atoms with Crippen molar-refractivity contribution in [3.8, 4) is 11.5 Å². The van der Waals surface area contributed by atoms with Crippen molar-refractivity contribution < 1.29 is 23.8 Å². The van der Waals surface area contributed by atoms with Crippen LogP contribution in [0.25, 0.3) is 5.57 Å². The predicted molar refractivity (Wildman–Crippen MR) is 209 cm³/mol. The fourth-order valence-electron chi connectivity index (χ4n) is 6.60. The molecule has 7 nitrogen and oxygen atoms in total. The Hall–Kier alpha value is -5.66. The third kappa shape index (κ3) is 10.2. The monoisotopic (exact) mass is 708 g/mol. The van der Waals surface area contributed by atoms with Gasteiger partial charge in [-0.2, -0.15) is 0 Å². The SMILES string of the molecule is C=C(C)c1cc(C(=O)N(C)Cc2cccc(CNC(C(=O)OC3CCCC3)c3ccccc3)c2)c(OCc2ccccc2)cc1OCc1ccccc1. The van der Waals surface area contributed by atoms with Gasteiger partial charge in [0.1, 0.15) is 36.9 Å². The van der Waals surface area contributed by atoms with E-state index in [1.807, 2.05) is 128 Å². The van der Waals surface area contributed by atoms with Crippen molar-refractivity contribution in [2.24, 2.45) is 0 Å². The molecule has 7 heteroatoms. The number of nitrogens with one attached hydrogen (secondary N) is 1. The van der Waals surface area contributed by atoms with Crippen molar-refractivity contribution in [2.45, 2.75) is 71.1 Å². The first kappa shape index (κ1) is 37.1. The van der Waals surface area contributed by atoms with E-state index < -0.39 is 6.04 Å². The Morgan fingerprint density at radius 3 is 1.87 bits per heavy atom. The zero-order valence-corrected chi connectivity index (χ0v) is 30.6. The molecule has 6 rings (SSSR count). The van der Waals surface area contributed by atoms with Crippen LogP contribution in [0.15, 0.2) is 134 Å². The van der Waals surface area contributed by atoms with E-state index in [2.05, 4.69) is 18.0 Å². The summed E-state index contributed by atoms with van der Waals surface area (Å²) in [6.07, 6.45) is 4.01. The summed E-state index contributed by atoms with van der Waals surface area (Å²) in [7, 11) is 1.79. The Morgan fingerprint density at radius 2 is 1.26 bits per heavy atom. The summed E-state index contributed by atoms with van der Waals surface area (Å²) in [6.45, 7) is 7.58. The van der Waals surface area contributed by atoms with Gasteiger partial charge in [-0.15, -0.1) is 0 Å². The van der Waals surface area contributed by atoms with Crippen molar-refractivity contribution in [3.05, 3.63) is 173 Å². The smallest absolute Gasteiger partial charge is 0.328 e. The van der Waals surface area contributed by atoms with Crippen LogP contribution in [0.3, 0.4) is 0 Å². The van der Waals surface area contributed by atoms with Gasteiger partial charge < -0.3 is 19.1 Å². The Bertz CT molecular complexity index is 1970. The highest BCUT2D eigenvalue weighted by molar-refractivity contribution is 5.98. The third-order valence-corrected chi connectivity index (χ3v) is 9.47.